The Hall–Kier alpha value is -1.15. The predicted octanol–water partition coefficient (Wildman–Crippen LogP) is 3.10. The zero-order chi connectivity index (χ0) is 10.6. The number of hydrogen-bond donors (Lipinski definition) is 1. The van der Waals surface area contributed by atoms with E-state index in [0.717, 1.165) is 18.4 Å². The molecule has 0 heterocycles. The molecule has 0 spiro atoms. The van der Waals surface area contributed by atoms with Crippen LogP contribution >= 0.6 is 0 Å². The number of allylic oxidation sites excluding steroid dienone is 1. The Labute approximate surface area is 84.4 Å². The molecule has 0 saturated heterocycles. The van der Waals surface area contributed by atoms with Crippen LogP contribution in [0.5, 0.6) is 0 Å². The van der Waals surface area contributed by atoms with Crippen LogP contribution in [0.4, 0.5) is 4.39 Å². The van der Waals surface area contributed by atoms with Gasteiger partial charge >= 0.3 is 0 Å². The quantitative estimate of drug-likeness (QED) is 0.730. The summed E-state index contributed by atoms with van der Waals surface area (Å²) in [5.74, 6) is -0.184. The number of benzene rings is 1. The maximum Gasteiger partial charge on any atom is 0.126 e. The van der Waals surface area contributed by atoms with Gasteiger partial charge in [0.05, 0.1) is 0 Å². The molecule has 0 aromatic heterocycles. The Morgan fingerprint density at radius 1 is 1.57 bits per heavy atom. The van der Waals surface area contributed by atoms with Crippen molar-refractivity contribution >= 4 is 0 Å². The van der Waals surface area contributed by atoms with E-state index in [1.54, 1.807) is 13.0 Å². The summed E-state index contributed by atoms with van der Waals surface area (Å²) in [6.45, 7) is 5.40. The molecule has 0 bridgehead atoms. The smallest absolute Gasteiger partial charge is 0.126 e. The SMILES string of the molecule is C=CCC[C@@H](N)c1cccc(F)c1C. The molecule has 1 aromatic rings. The van der Waals surface area contributed by atoms with Crippen molar-refractivity contribution in [3.8, 4) is 0 Å². The van der Waals surface area contributed by atoms with Gasteiger partial charge in [-0.1, -0.05) is 18.2 Å². The molecule has 1 aromatic carbocycles. The van der Waals surface area contributed by atoms with Crippen LogP contribution in [-0.2, 0) is 0 Å². The van der Waals surface area contributed by atoms with E-state index in [1.807, 2.05) is 12.1 Å². The van der Waals surface area contributed by atoms with Gasteiger partial charge in [-0.05, 0) is 37.0 Å². The maximum atomic E-state index is 13.2. The van der Waals surface area contributed by atoms with Crippen LogP contribution in [0.25, 0.3) is 0 Å². The third-order valence-corrected chi connectivity index (χ3v) is 2.39. The standard InChI is InChI=1S/C12H16FN/c1-3-4-8-12(14)10-6-5-7-11(13)9(10)2/h3,5-7,12H,1,4,8,14H2,2H3/t12-/m1/s1. The zero-order valence-electron chi connectivity index (χ0n) is 8.46. The second-order valence-electron chi connectivity index (χ2n) is 3.43. The lowest BCUT2D eigenvalue weighted by molar-refractivity contribution is 0.599. The number of halogens is 1. The molecular weight excluding hydrogens is 177 g/mol. The highest BCUT2D eigenvalue weighted by Crippen LogP contribution is 2.21. The van der Waals surface area contributed by atoms with Crippen LogP contribution in [0.15, 0.2) is 30.9 Å². The summed E-state index contributed by atoms with van der Waals surface area (Å²) in [7, 11) is 0. The van der Waals surface area contributed by atoms with Gasteiger partial charge in [0.2, 0.25) is 0 Å². The summed E-state index contributed by atoms with van der Waals surface area (Å²) in [6.07, 6.45) is 3.50. The van der Waals surface area contributed by atoms with Crippen molar-refractivity contribution in [2.75, 3.05) is 0 Å². The van der Waals surface area contributed by atoms with Crippen molar-refractivity contribution in [1.29, 1.82) is 0 Å². The van der Waals surface area contributed by atoms with Crippen molar-refractivity contribution in [2.45, 2.75) is 25.8 Å². The largest absolute Gasteiger partial charge is 0.324 e. The lowest BCUT2D eigenvalue weighted by Gasteiger charge is -2.13. The van der Waals surface area contributed by atoms with E-state index in [0.29, 0.717) is 5.56 Å². The predicted molar refractivity (Wildman–Crippen MR) is 57.5 cm³/mol. The van der Waals surface area contributed by atoms with Gasteiger partial charge in [-0.15, -0.1) is 6.58 Å². The van der Waals surface area contributed by atoms with Crippen LogP contribution < -0.4 is 5.73 Å². The van der Waals surface area contributed by atoms with Gasteiger partial charge in [0, 0.05) is 6.04 Å². The van der Waals surface area contributed by atoms with Gasteiger partial charge in [-0.2, -0.15) is 0 Å². The fourth-order valence-electron chi connectivity index (χ4n) is 1.48. The lowest BCUT2D eigenvalue weighted by atomic mass is 9.98. The highest BCUT2D eigenvalue weighted by molar-refractivity contribution is 5.29. The fourth-order valence-corrected chi connectivity index (χ4v) is 1.48. The molecule has 0 saturated carbocycles. The fraction of sp³-hybridized carbons (Fsp3) is 0.333. The number of hydrogen-bond acceptors (Lipinski definition) is 1. The highest BCUT2D eigenvalue weighted by atomic mass is 19.1. The Kier molecular flexibility index (Phi) is 3.84. The Bertz CT molecular complexity index is 320. The number of nitrogens with two attached hydrogens (primary N) is 1. The summed E-state index contributed by atoms with van der Waals surface area (Å²) < 4.78 is 13.2. The molecule has 1 nitrogen and oxygen atoms in total. The van der Waals surface area contributed by atoms with Crippen LogP contribution in [0.3, 0.4) is 0 Å². The average molecular weight is 193 g/mol. The second-order valence-corrected chi connectivity index (χ2v) is 3.43. The van der Waals surface area contributed by atoms with Crippen molar-refractivity contribution in [3.05, 3.63) is 47.8 Å². The summed E-state index contributed by atoms with van der Waals surface area (Å²) in [6, 6.07) is 4.94. The van der Waals surface area contributed by atoms with Gasteiger partial charge in [-0.25, -0.2) is 4.39 Å². The minimum absolute atomic E-state index is 0.0938. The molecule has 0 radical (unpaired) electrons. The zero-order valence-corrected chi connectivity index (χ0v) is 8.46. The molecule has 0 fully saturated rings. The first-order chi connectivity index (χ1) is 6.66. The first kappa shape index (κ1) is 10.9. The Balaban J connectivity index is 2.83. The Morgan fingerprint density at radius 3 is 2.93 bits per heavy atom. The van der Waals surface area contributed by atoms with Gasteiger partial charge in [0.1, 0.15) is 5.82 Å². The van der Waals surface area contributed by atoms with E-state index in [-0.39, 0.29) is 11.9 Å². The van der Waals surface area contributed by atoms with E-state index in [4.69, 9.17) is 5.73 Å². The molecule has 2 heteroatoms. The molecule has 1 rings (SSSR count). The third-order valence-electron chi connectivity index (χ3n) is 2.39. The molecule has 0 aliphatic heterocycles. The molecule has 14 heavy (non-hydrogen) atoms. The average Bonchev–Trinajstić information content (AvgIpc) is 2.18. The normalized spacial score (nSPS) is 12.5. The van der Waals surface area contributed by atoms with Crippen LogP contribution in [-0.4, -0.2) is 0 Å². The van der Waals surface area contributed by atoms with E-state index >= 15 is 0 Å². The van der Waals surface area contributed by atoms with Gasteiger partial charge in [0.15, 0.2) is 0 Å². The van der Waals surface area contributed by atoms with E-state index < -0.39 is 0 Å². The molecular formula is C12H16FN. The molecule has 0 unspecified atom stereocenters. The summed E-state index contributed by atoms with van der Waals surface area (Å²) >= 11 is 0. The monoisotopic (exact) mass is 193 g/mol. The number of rotatable bonds is 4. The van der Waals surface area contributed by atoms with Crippen molar-refractivity contribution < 1.29 is 4.39 Å². The molecule has 0 amide bonds. The van der Waals surface area contributed by atoms with Crippen LogP contribution in [0.2, 0.25) is 0 Å². The van der Waals surface area contributed by atoms with Gasteiger partial charge in [-0.3, -0.25) is 0 Å². The molecule has 2 N–H and O–H groups in total. The lowest BCUT2D eigenvalue weighted by Crippen LogP contribution is -2.12. The molecule has 76 valence electrons. The Morgan fingerprint density at radius 2 is 2.29 bits per heavy atom. The van der Waals surface area contributed by atoms with E-state index in [9.17, 15) is 4.39 Å². The third kappa shape index (κ3) is 2.42. The maximum absolute atomic E-state index is 13.2. The van der Waals surface area contributed by atoms with Gasteiger partial charge in [0.25, 0.3) is 0 Å². The van der Waals surface area contributed by atoms with Crippen molar-refractivity contribution in [1.82, 2.24) is 0 Å². The van der Waals surface area contributed by atoms with Crippen LogP contribution in [0.1, 0.15) is 30.0 Å². The molecule has 0 aliphatic rings. The van der Waals surface area contributed by atoms with E-state index in [2.05, 4.69) is 6.58 Å². The van der Waals surface area contributed by atoms with Crippen LogP contribution in [0, 0.1) is 12.7 Å². The topological polar surface area (TPSA) is 26.0 Å². The minimum atomic E-state index is -0.184. The highest BCUT2D eigenvalue weighted by Gasteiger charge is 2.10. The van der Waals surface area contributed by atoms with Gasteiger partial charge < -0.3 is 5.73 Å². The van der Waals surface area contributed by atoms with E-state index in [1.165, 1.54) is 6.07 Å². The summed E-state index contributed by atoms with van der Waals surface area (Å²) in [4.78, 5) is 0. The summed E-state index contributed by atoms with van der Waals surface area (Å²) in [5, 5.41) is 0. The molecule has 1 atom stereocenters. The molecule has 0 aliphatic carbocycles. The van der Waals surface area contributed by atoms with Crippen molar-refractivity contribution in [3.63, 3.8) is 0 Å². The van der Waals surface area contributed by atoms with Crippen molar-refractivity contribution in [2.24, 2.45) is 5.73 Å². The second kappa shape index (κ2) is 4.91. The first-order valence-corrected chi connectivity index (χ1v) is 4.78. The first-order valence-electron chi connectivity index (χ1n) is 4.78. The summed E-state index contributed by atoms with van der Waals surface area (Å²) in [5.41, 5.74) is 7.49. The minimum Gasteiger partial charge on any atom is -0.324 e.